The molecule has 0 aromatic rings. The summed E-state index contributed by atoms with van der Waals surface area (Å²) in [6, 6.07) is -0.503. The average molecular weight is 285 g/mol. The van der Waals surface area contributed by atoms with Gasteiger partial charge in [-0.05, 0) is 25.7 Å². The maximum absolute atomic E-state index is 12.3. The van der Waals surface area contributed by atoms with Gasteiger partial charge in [0.05, 0.1) is 12.6 Å². The third-order valence-electron chi connectivity index (χ3n) is 3.87. The van der Waals surface area contributed by atoms with Gasteiger partial charge in [0, 0.05) is 19.1 Å². The van der Waals surface area contributed by atoms with E-state index in [1.165, 1.54) is 0 Å². The average Bonchev–Trinajstić information content (AvgIpc) is 2.45. The van der Waals surface area contributed by atoms with Crippen molar-refractivity contribution in [3.63, 3.8) is 0 Å². The molecule has 1 rings (SSSR count). The highest BCUT2D eigenvalue weighted by atomic mass is 16.5. The molecule has 0 spiro atoms. The summed E-state index contributed by atoms with van der Waals surface area (Å²) in [7, 11) is 0. The number of hydrogen-bond donors (Lipinski definition) is 2. The predicted octanol–water partition coefficient (Wildman–Crippen LogP) is 1.10. The van der Waals surface area contributed by atoms with Crippen LogP contribution >= 0.6 is 0 Å². The molecule has 0 saturated carbocycles. The Labute approximate surface area is 121 Å². The van der Waals surface area contributed by atoms with Crippen molar-refractivity contribution in [3.8, 4) is 0 Å². The largest absolute Gasteiger partial charge is 0.450 e. The van der Waals surface area contributed by atoms with E-state index in [-0.39, 0.29) is 17.9 Å². The molecule has 1 aliphatic rings. The first kappa shape index (κ1) is 16.8. The second-order valence-corrected chi connectivity index (χ2v) is 5.40. The number of amides is 2. The minimum Gasteiger partial charge on any atom is -0.450 e. The molecule has 3 unspecified atom stereocenters. The molecule has 1 saturated heterocycles. The van der Waals surface area contributed by atoms with E-state index in [1.54, 1.807) is 11.8 Å². The van der Waals surface area contributed by atoms with Crippen LogP contribution in [0.4, 0.5) is 4.79 Å². The second-order valence-electron chi connectivity index (χ2n) is 5.40. The summed E-state index contributed by atoms with van der Waals surface area (Å²) in [6.45, 7) is 7.35. The van der Waals surface area contributed by atoms with Crippen molar-refractivity contribution in [1.82, 2.24) is 10.2 Å². The number of carbonyl (C=O) groups excluding carboxylic acids is 2. The van der Waals surface area contributed by atoms with E-state index in [0.717, 1.165) is 19.3 Å². The molecule has 1 fully saturated rings. The van der Waals surface area contributed by atoms with Gasteiger partial charge in [0.1, 0.15) is 0 Å². The molecular formula is C14H27N3O3. The molecular weight excluding hydrogens is 258 g/mol. The Morgan fingerprint density at radius 2 is 2.15 bits per heavy atom. The number of hydrogen-bond acceptors (Lipinski definition) is 4. The van der Waals surface area contributed by atoms with Crippen LogP contribution in [0.2, 0.25) is 0 Å². The van der Waals surface area contributed by atoms with Gasteiger partial charge in [0.15, 0.2) is 0 Å². The molecule has 6 nitrogen and oxygen atoms in total. The zero-order chi connectivity index (χ0) is 15.1. The molecule has 116 valence electrons. The van der Waals surface area contributed by atoms with Crippen LogP contribution in [-0.2, 0) is 9.53 Å². The monoisotopic (exact) mass is 285 g/mol. The number of ether oxygens (including phenoxy) is 1. The lowest BCUT2D eigenvalue weighted by atomic mass is 9.97. The quantitative estimate of drug-likeness (QED) is 0.792. The first-order chi connectivity index (χ1) is 9.49. The predicted molar refractivity (Wildman–Crippen MR) is 77.2 cm³/mol. The normalized spacial score (nSPS) is 22.0. The number of alkyl carbamates (subject to hydrolysis) is 1. The van der Waals surface area contributed by atoms with Crippen LogP contribution in [0.3, 0.4) is 0 Å². The first-order valence-corrected chi connectivity index (χ1v) is 7.47. The highest BCUT2D eigenvalue weighted by Crippen LogP contribution is 2.14. The van der Waals surface area contributed by atoms with E-state index in [1.807, 2.05) is 13.8 Å². The van der Waals surface area contributed by atoms with Crippen molar-refractivity contribution < 1.29 is 14.3 Å². The molecule has 6 heteroatoms. The van der Waals surface area contributed by atoms with Crippen LogP contribution < -0.4 is 11.1 Å². The molecule has 3 N–H and O–H groups in total. The molecule has 0 aliphatic carbocycles. The fraction of sp³-hybridized carbons (Fsp3) is 0.857. The van der Waals surface area contributed by atoms with Gasteiger partial charge in [-0.15, -0.1) is 0 Å². The van der Waals surface area contributed by atoms with E-state index >= 15 is 0 Å². The molecule has 0 bridgehead atoms. The van der Waals surface area contributed by atoms with E-state index in [9.17, 15) is 9.59 Å². The molecule has 2 amide bonds. The Kier molecular flexibility index (Phi) is 6.78. The number of likely N-dealkylation sites (tertiary alicyclic amines) is 1. The summed E-state index contributed by atoms with van der Waals surface area (Å²) >= 11 is 0. The highest BCUT2D eigenvalue weighted by molar-refractivity contribution is 5.82. The van der Waals surface area contributed by atoms with Gasteiger partial charge >= 0.3 is 6.09 Å². The zero-order valence-corrected chi connectivity index (χ0v) is 12.7. The first-order valence-electron chi connectivity index (χ1n) is 7.47. The summed E-state index contributed by atoms with van der Waals surface area (Å²) < 4.78 is 4.87. The number of nitrogens with two attached hydrogens (primary N) is 1. The van der Waals surface area contributed by atoms with Gasteiger partial charge in [-0.1, -0.05) is 20.3 Å². The third kappa shape index (κ3) is 4.67. The molecule has 1 aliphatic heterocycles. The Bertz CT molecular complexity index is 336. The van der Waals surface area contributed by atoms with Crippen molar-refractivity contribution in [1.29, 1.82) is 0 Å². The molecule has 0 aromatic heterocycles. The lowest BCUT2D eigenvalue weighted by molar-refractivity contribution is -0.135. The molecule has 0 aromatic carbocycles. The van der Waals surface area contributed by atoms with Crippen molar-refractivity contribution in [2.75, 3.05) is 19.7 Å². The molecule has 0 radical (unpaired) electrons. The number of piperidine rings is 1. The van der Waals surface area contributed by atoms with Gasteiger partial charge < -0.3 is 20.7 Å². The van der Waals surface area contributed by atoms with Crippen molar-refractivity contribution in [2.24, 2.45) is 11.7 Å². The van der Waals surface area contributed by atoms with Gasteiger partial charge in [-0.25, -0.2) is 4.79 Å². The fourth-order valence-electron chi connectivity index (χ4n) is 2.34. The molecule has 3 atom stereocenters. The Morgan fingerprint density at radius 3 is 2.75 bits per heavy atom. The van der Waals surface area contributed by atoms with E-state index in [4.69, 9.17) is 10.5 Å². The number of carbonyl (C=O) groups is 2. The number of rotatable bonds is 5. The van der Waals surface area contributed by atoms with Crippen LogP contribution in [-0.4, -0.2) is 48.7 Å². The Morgan fingerprint density at radius 1 is 1.45 bits per heavy atom. The lowest BCUT2D eigenvalue weighted by Gasteiger charge is -2.35. The zero-order valence-electron chi connectivity index (χ0n) is 12.7. The number of nitrogens with zero attached hydrogens (tertiary/aromatic N) is 1. The van der Waals surface area contributed by atoms with Crippen molar-refractivity contribution in [2.45, 2.75) is 52.1 Å². The maximum atomic E-state index is 12.3. The topological polar surface area (TPSA) is 84.7 Å². The fourth-order valence-corrected chi connectivity index (χ4v) is 2.34. The smallest absolute Gasteiger partial charge is 0.407 e. The minimum absolute atomic E-state index is 0.0188. The van der Waals surface area contributed by atoms with Gasteiger partial charge in [-0.2, -0.15) is 0 Å². The standard InChI is InChI=1S/C14H27N3O3/c1-4-10(3)12(15)13(18)17-8-6-7-11(9-17)16-14(19)20-5-2/h10-12H,4-9,15H2,1-3H3,(H,16,19). The van der Waals surface area contributed by atoms with Gasteiger partial charge in [0.2, 0.25) is 5.91 Å². The van der Waals surface area contributed by atoms with Gasteiger partial charge in [-0.3, -0.25) is 4.79 Å². The lowest BCUT2D eigenvalue weighted by Crippen LogP contribution is -2.54. The second kappa shape index (κ2) is 8.09. The summed E-state index contributed by atoms with van der Waals surface area (Å²) in [5, 5.41) is 2.79. The van der Waals surface area contributed by atoms with Crippen molar-refractivity contribution in [3.05, 3.63) is 0 Å². The van der Waals surface area contributed by atoms with Gasteiger partial charge in [0.25, 0.3) is 0 Å². The Balaban J connectivity index is 2.51. The van der Waals surface area contributed by atoms with Crippen LogP contribution in [0.5, 0.6) is 0 Å². The maximum Gasteiger partial charge on any atom is 0.407 e. The number of nitrogens with one attached hydrogen (secondary N) is 1. The van der Waals surface area contributed by atoms with E-state index in [0.29, 0.717) is 19.7 Å². The molecule has 1 heterocycles. The van der Waals surface area contributed by atoms with E-state index < -0.39 is 12.1 Å². The Hall–Kier alpha value is -1.30. The molecule has 20 heavy (non-hydrogen) atoms. The summed E-state index contributed by atoms with van der Waals surface area (Å²) in [6.07, 6.45) is 2.20. The summed E-state index contributed by atoms with van der Waals surface area (Å²) in [5.74, 6) is 0.149. The van der Waals surface area contributed by atoms with Crippen LogP contribution in [0.1, 0.15) is 40.0 Å². The summed E-state index contributed by atoms with van der Waals surface area (Å²) in [5.41, 5.74) is 5.99. The van der Waals surface area contributed by atoms with E-state index in [2.05, 4.69) is 5.32 Å². The van der Waals surface area contributed by atoms with Crippen LogP contribution in [0.25, 0.3) is 0 Å². The SMILES string of the molecule is CCOC(=O)NC1CCCN(C(=O)C(N)C(C)CC)C1. The van der Waals surface area contributed by atoms with Crippen LogP contribution in [0, 0.1) is 5.92 Å². The third-order valence-corrected chi connectivity index (χ3v) is 3.87. The summed E-state index contributed by atoms with van der Waals surface area (Å²) in [4.78, 5) is 25.5. The van der Waals surface area contributed by atoms with Crippen molar-refractivity contribution >= 4 is 12.0 Å². The highest BCUT2D eigenvalue weighted by Gasteiger charge is 2.29. The van der Waals surface area contributed by atoms with Crippen LogP contribution in [0.15, 0.2) is 0 Å². The minimum atomic E-state index is -0.457.